The first-order valence-corrected chi connectivity index (χ1v) is 14.6. The van der Waals surface area contributed by atoms with Crippen LogP contribution >= 0.6 is 0 Å². The number of hydrogen-bond acceptors (Lipinski definition) is 11. The fourth-order valence-corrected chi connectivity index (χ4v) is 6.09. The molecule has 220 valence electrons. The number of nitrogens with zero attached hydrogens (tertiary/aromatic N) is 4. The number of hydrogen-bond donors (Lipinski definition) is 2. The van der Waals surface area contributed by atoms with E-state index in [2.05, 4.69) is 20.3 Å². The average Bonchev–Trinajstić information content (AvgIpc) is 3.63. The molecule has 0 radical (unpaired) electrons. The van der Waals surface area contributed by atoms with Crippen LogP contribution in [0.3, 0.4) is 0 Å². The summed E-state index contributed by atoms with van der Waals surface area (Å²) >= 11 is 0. The molecule has 13 nitrogen and oxygen atoms in total. The Morgan fingerprint density at radius 3 is 2.50 bits per heavy atom. The van der Waals surface area contributed by atoms with Crippen LogP contribution in [0.1, 0.15) is 36.0 Å². The van der Waals surface area contributed by atoms with Crippen LogP contribution in [-0.2, 0) is 28.5 Å². The predicted molar refractivity (Wildman–Crippen MR) is 148 cm³/mol. The Morgan fingerprint density at radius 1 is 1.05 bits per heavy atom. The summed E-state index contributed by atoms with van der Waals surface area (Å²) in [5, 5.41) is 13.3. The molecule has 2 aromatic heterocycles. The quantitative estimate of drug-likeness (QED) is 0.288. The van der Waals surface area contributed by atoms with Crippen LogP contribution in [0.5, 0.6) is 0 Å². The highest BCUT2D eigenvalue weighted by molar-refractivity contribution is 7.86. The second-order valence-corrected chi connectivity index (χ2v) is 12.3. The number of aromatic nitrogens is 4. The predicted octanol–water partition coefficient (Wildman–Crippen LogP) is 2.57. The van der Waals surface area contributed by atoms with Gasteiger partial charge >= 0.3 is 0 Å². The van der Waals surface area contributed by atoms with E-state index in [0.29, 0.717) is 16.7 Å². The number of aryl methyl sites for hydroxylation is 1. The van der Waals surface area contributed by atoms with Crippen LogP contribution < -0.4 is 5.32 Å². The number of aliphatic hydroxyl groups excluding tert-OH is 1. The fourth-order valence-electron chi connectivity index (χ4n) is 5.13. The Morgan fingerprint density at radius 2 is 1.79 bits per heavy atom. The number of aliphatic hydroxyl groups is 1. The summed E-state index contributed by atoms with van der Waals surface area (Å²) in [7, 11) is -4.18. The lowest BCUT2D eigenvalue weighted by molar-refractivity contribution is -0.231. The summed E-state index contributed by atoms with van der Waals surface area (Å²) in [5.74, 6) is -1.26. The van der Waals surface area contributed by atoms with Gasteiger partial charge in [0.05, 0.1) is 17.8 Å². The van der Waals surface area contributed by atoms with Crippen LogP contribution in [0.15, 0.2) is 72.1 Å². The molecule has 0 saturated carbocycles. The fraction of sp³-hybridized carbons (Fsp3) is 0.357. The van der Waals surface area contributed by atoms with Gasteiger partial charge in [0, 0.05) is 5.56 Å². The molecule has 2 aromatic carbocycles. The van der Waals surface area contributed by atoms with Crippen molar-refractivity contribution in [1.82, 2.24) is 19.5 Å². The van der Waals surface area contributed by atoms with Crippen LogP contribution in [0, 0.1) is 6.92 Å². The van der Waals surface area contributed by atoms with E-state index < -0.39 is 53.2 Å². The molecular weight excluding hydrogens is 566 g/mol. The summed E-state index contributed by atoms with van der Waals surface area (Å²) in [4.78, 5) is 25.7. The van der Waals surface area contributed by atoms with Gasteiger partial charge in [-0.3, -0.25) is 13.5 Å². The van der Waals surface area contributed by atoms with E-state index in [-0.39, 0.29) is 16.6 Å². The zero-order valence-corrected chi connectivity index (χ0v) is 23.8. The lowest BCUT2D eigenvalue weighted by atomic mass is 9.97. The van der Waals surface area contributed by atoms with Crippen molar-refractivity contribution < 1.29 is 36.7 Å². The molecule has 4 heterocycles. The minimum Gasteiger partial charge on any atom is -0.393 e. The standard InChI is InChI=1S/C28H29N5O8S/c1-17-9-11-19(12-10-17)42(36,37)38-14-28(13-34)22-21(39-27(2,3)40-22)26(41-28)33-16-31-20-23(29-15-30-24(20)33)32-25(35)18-7-5-4-6-8-18/h4-12,15-16,21-22,26,34H,13-14H2,1-3H3,(H,29,30,32,35)/t21-,22+,26?,28-/m1/s1. The van der Waals surface area contributed by atoms with Crippen molar-refractivity contribution in [2.75, 3.05) is 18.5 Å². The molecule has 0 aliphatic carbocycles. The Kier molecular flexibility index (Phi) is 7.07. The number of fused-ring (bicyclic) bond motifs is 2. The van der Waals surface area contributed by atoms with Gasteiger partial charge in [-0.2, -0.15) is 8.42 Å². The van der Waals surface area contributed by atoms with E-state index in [1.165, 1.54) is 24.8 Å². The van der Waals surface area contributed by atoms with Gasteiger partial charge in [0.2, 0.25) is 0 Å². The lowest BCUT2D eigenvalue weighted by Gasteiger charge is -2.32. The van der Waals surface area contributed by atoms with Gasteiger partial charge in [0.15, 0.2) is 29.0 Å². The van der Waals surface area contributed by atoms with Gasteiger partial charge < -0.3 is 24.6 Å². The number of amides is 1. The van der Waals surface area contributed by atoms with Crippen molar-refractivity contribution in [2.24, 2.45) is 0 Å². The SMILES string of the molecule is Cc1ccc(S(=O)(=O)OC[C@@]2(CO)OC(n3cnc4c(NC(=O)c5ccccc5)ncnc43)[C@@H]3OC(C)(C)O[C@@H]32)cc1. The van der Waals surface area contributed by atoms with Gasteiger partial charge in [-0.1, -0.05) is 35.9 Å². The molecule has 6 rings (SSSR count). The van der Waals surface area contributed by atoms with E-state index in [9.17, 15) is 18.3 Å². The van der Waals surface area contributed by atoms with Gasteiger partial charge in [0.1, 0.15) is 30.7 Å². The molecule has 2 N–H and O–H groups in total. The molecule has 4 aromatic rings. The molecule has 2 aliphatic rings. The summed E-state index contributed by atoms with van der Waals surface area (Å²) in [5.41, 5.74) is 0.322. The topological polar surface area (TPSA) is 164 Å². The smallest absolute Gasteiger partial charge is 0.297 e. The van der Waals surface area contributed by atoms with Crippen molar-refractivity contribution in [3.8, 4) is 0 Å². The van der Waals surface area contributed by atoms with Gasteiger partial charge in [-0.15, -0.1) is 0 Å². The van der Waals surface area contributed by atoms with Gasteiger partial charge in [-0.25, -0.2) is 15.0 Å². The van der Waals surface area contributed by atoms with Crippen LogP contribution in [0.2, 0.25) is 0 Å². The summed E-state index contributed by atoms with van der Waals surface area (Å²) in [6, 6.07) is 14.9. The van der Waals surface area contributed by atoms with Crippen molar-refractivity contribution in [2.45, 2.75) is 55.5 Å². The normalized spacial score (nSPS) is 25.0. The van der Waals surface area contributed by atoms with Crippen molar-refractivity contribution in [3.05, 3.63) is 78.4 Å². The lowest BCUT2D eigenvalue weighted by Crippen LogP contribution is -2.50. The van der Waals surface area contributed by atoms with E-state index in [1.807, 2.05) is 13.0 Å². The highest BCUT2D eigenvalue weighted by Crippen LogP contribution is 2.49. The Bertz CT molecular complexity index is 1730. The maximum atomic E-state index is 13.0. The Balaban J connectivity index is 1.31. The second kappa shape index (κ2) is 10.5. The van der Waals surface area contributed by atoms with E-state index >= 15 is 0 Å². The average molecular weight is 596 g/mol. The number of carbonyl (C=O) groups is 1. The van der Waals surface area contributed by atoms with E-state index in [1.54, 1.807) is 54.8 Å². The number of ether oxygens (including phenoxy) is 3. The maximum absolute atomic E-state index is 13.0. The first-order valence-electron chi connectivity index (χ1n) is 13.2. The third-order valence-corrected chi connectivity index (χ3v) is 8.50. The molecule has 2 aliphatic heterocycles. The van der Waals surface area contributed by atoms with Crippen LogP contribution in [0.4, 0.5) is 5.82 Å². The number of anilines is 1. The highest BCUT2D eigenvalue weighted by Gasteiger charge is 2.64. The Labute approximate surface area is 241 Å². The molecule has 0 spiro atoms. The van der Waals surface area contributed by atoms with Crippen molar-refractivity contribution in [1.29, 1.82) is 0 Å². The molecular formula is C28H29N5O8S. The summed E-state index contributed by atoms with van der Waals surface area (Å²) in [6.07, 6.45) is 0.0673. The molecule has 1 unspecified atom stereocenters. The zero-order chi connectivity index (χ0) is 29.7. The molecule has 14 heteroatoms. The van der Waals surface area contributed by atoms with Crippen LogP contribution in [0.25, 0.3) is 11.2 Å². The van der Waals surface area contributed by atoms with E-state index in [0.717, 1.165) is 5.56 Å². The summed E-state index contributed by atoms with van der Waals surface area (Å²) in [6.45, 7) is 4.08. The third-order valence-electron chi connectivity index (χ3n) is 7.22. The molecule has 2 saturated heterocycles. The molecule has 42 heavy (non-hydrogen) atoms. The number of rotatable bonds is 8. The minimum atomic E-state index is -4.18. The monoisotopic (exact) mass is 595 g/mol. The highest BCUT2D eigenvalue weighted by atomic mass is 32.2. The number of imidazole rings is 1. The van der Waals surface area contributed by atoms with Gasteiger partial charge in [0.25, 0.3) is 16.0 Å². The summed E-state index contributed by atoms with van der Waals surface area (Å²) < 4.78 is 51.6. The zero-order valence-electron chi connectivity index (χ0n) is 23.0. The molecule has 1 amide bonds. The molecule has 4 atom stereocenters. The second-order valence-electron chi connectivity index (χ2n) is 10.6. The van der Waals surface area contributed by atoms with Crippen molar-refractivity contribution >= 4 is 33.0 Å². The van der Waals surface area contributed by atoms with E-state index in [4.69, 9.17) is 18.4 Å². The molecule has 2 fully saturated rings. The maximum Gasteiger partial charge on any atom is 0.297 e. The number of benzene rings is 2. The Hall–Kier alpha value is -3.79. The van der Waals surface area contributed by atoms with Gasteiger partial charge in [-0.05, 0) is 45.0 Å². The largest absolute Gasteiger partial charge is 0.393 e. The first-order chi connectivity index (χ1) is 20.0. The van der Waals surface area contributed by atoms with Crippen LogP contribution in [-0.4, -0.2) is 75.8 Å². The molecule has 0 bridgehead atoms. The van der Waals surface area contributed by atoms with Crippen molar-refractivity contribution in [3.63, 3.8) is 0 Å². The number of nitrogens with one attached hydrogen (secondary N) is 1. The third kappa shape index (κ3) is 5.06. The number of carbonyl (C=O) groups excluding carboxylic acids is 1. The minimum absolute atomic E-state index is 0.0291. The first kappa shape index (κ1) is 28.3.